The fraction of sp³-hybridized carbons (Fsp3) is 0.314. The Bertz CT molecular complexity index is 2000. The lowest BCUT2D eigenvalue weighted by molar-refractivity contribution is -0.392. The van der Waals surface area contributed by atoms with E-state index in [2.05, 4.69) is 0 Å². The highest BCUT2D eigenvalue weighted by atomic mass is 16.6. The molecule has 1 fully saturated rings. The van der Waals surface area contributed by atoms with Gasteiger partial charge in [0.2, 0.25) is 17.6 Å². The van der Waals surface area contributed by atoms with Crippen LogP contribution >= 0.6 is 0 Å². The van der Waals surface area contributed by atoms with E-state index < -0.39 is 56.7 Å². The number of hydrogen-bond acceptors (Lipinski definition) is 12. The van der Waals surface area contributed by atoms with Crippen molar-refractivity contribution in [2.24, 2.45) is 23.7 Å². The van der Waals surface area contributed by atoms with Crippen LogP contribution in [0.2, 0.25) is 0 Å². The number of aromatic hydroxyl groups is 1. The van der Waals surface area contributed by atoms with Gasteiger partial charge >= 0.3 is 11.4 Å². The standard InChI is InChI=1S/C35H32N4O11/c1-16-10-26(40)23-15-22-19(20(29(23)32(16)41)7-6-17-11-27(49-4)33(42)28(12-17)50-5)8-9-21-30(22)35(44)37(34(21)43)18-13-24(38(45)46)31(36(2)3)25(14-18)39(47)48/h6-8,10-14,20-22,30,42H,9,15H2,1-5H3/t20-,21-,22+,30-/m0/s1. The zero-order valence-electron chi connectivity index (χ0n) is 27.7. The first-order valence-electron chi connectivity index (χ1n) is 15.6. The Balaban J connectivity index is 1.45. The highest BCUT2D eigenvalue weighted by Crippen LogP contribution is 2.54. The van der Waals surface area contributed by atoms with Gasteiger partial charge in [-0.3, -0.25) is 39.4 Å². The van der Waals surface area contributed by atoms with Crippen molar-refractivity contribution in [2.75, 3.05) is 38.1 Å². The van der Waals surface area contributed by atoms with E-state index in [1.807, 2.05) is 0 Å². The summed E-state index contributed by atoms with van der Waals surface area (Å²) in [4.78, 5) is 79.7. The van der Waals surface area contributed by atoms with Crippen LogP contribution in [0, 0.1) is 43.9 Å². The number of ether oxygens (including phenoxy) is 2. The number of rotatable bonds is 8. The van der Waals surface area contributed by atoms with Gasteiger partial charge in [-0.1, -0.05) is 23.8 Å². The minimum Gasteiger partial charge on any atom is -0.502 e. The lowest BCUT2D eigenvalue weighted by Crippen LogP contribution is -2.40. The Morgan fingerprint density at radius 2 is 1.54 bits per heavy atom. The van der Waals surface area contributed by atoms with Crippen LogP contribution < -0.4 is 19.3 Å². The maximum Gasteiger partial charge on any atom is 0.301 e. The van der Waals surface area contributed by atoms with E-state index in [-0.39, 0.29) is 69.8 Å². The first-order chi connectivity index (χ1) is 23.7. The highest BCUT2D eigenvalue weighted by Gasteiger charge is 2.56. The van der Waals surface area contributed by atoms with Crippen molar-refractivity contribution in [2.45, 2.75) is 19.8 Å². The van der Waals surface area contributed by atoms with Crippen molar-refractivity contribution in [3.05, 3.63) is 90.6 Å². The molecule has 1 N–H and O–H groups in total. The SMILES string of the molecule is COc1cc(C=C[C@H]2C3=CC[C@@H]4C(=O)N(c5cc([N+](=O)[O-])c(N(C)C)c([N+](=O)[O-])c5)C(=O)[C@@H]4[C@@H]3CC3=C2C(=O)C(C)=CC3=O)cc(OC)c1O. The number of anilines is 2. The molecule has 0 radical (unpaired) electrons. The normalized spacial score (nSPS) is 22.9. The summed E-state index contributed by atoms with van der Waals surface area (Å²) in [6.45, 7) is 1.55. The van der Waals surface area contributed by atoms with Crippen LogP contribution in [-0.4, -0.2) is 66.6 Å². The van der Waals surface area contributed by atoms with Crippen molar-refractivity contribution < 1.29 is 43.6 Å². The minimum absolute atomic E-state index is 0.00535. The molecule has 4 aliphatic rings. The third-order valence-corrected chi connectivity index (χ3v) is 9.75. The zero-order chi connectivity index (χ0) is 36.3. The van der Waals surface area contributed by atoms with E-state index in [0.29, 0.717) is 11.1 Å². The molecule has 6 rings (SSSR count). The predicted octanol–water partition coefficient (Wildman–Crippen LogP) is 4.47. The Morgan fingerprint density at radius 1 is 0.940 bits per heavy atom. The van der Waals surface area contributed by atoms with Gasteiger partial charge in [-0.2, -0.15) is 0 Å². The van der Waals surface area contributed by atoms with Crippen LogP contribution in [0.5, 0.6) is 17.2 Å². The van der Waals surface area contributed by atoms with Gasteiger partial charge in [-0.25, -0.2) is 4.90 Å². The van der Waals surface area contributed by atoms with Crippen molar-refractivity contribution in [3.8, 4) is 17.2 Å². The predicted molar refractivity (Wildman–Crippen MR) is 179 cm³/mol. The minimum atomic E-state index is -1.01. The van der Waals surface area contributed by atoms with Gasteiger partial charge in [0.15, 0.2) is 28.8 Å². The van der Waals surface area contributed by atoms with E-state index in [0.717, 1.165) is 17.0 Å². The largest absolute Gasteiger partial charge is 0.502 e. The van der Waals surface area contributed by atoms with E-state index in [1.54, 1.807) is 37.3 Å². The first kappa shape index (κ1) is 33.8. The maximum absolute atomic E-state index is 14.3. The number of amides is 2. The Kier molecular flexibility index (Phi) is 8.37. The van der Waals surface area contributed by atoms with Crippen LogP contribution in [0.15, 0.2) is 64.8 Å². The molecule has 2 amide bonds. The van der Waals surface area contributed by atoms with Crippen LogP contribution in [0.25, 0.3) is 6.08 Å². The summed E-state index contributed by atoms with van der Waals surface area (Å²) in [6, 6.07) is 5.08. The third-order valence-electron chi connectivity index (χ3n) is 9.75. The molecule has 2 aromatic carbocycles. The summed E-state index contributed by atoms with van der Waals surface area (Å²) < 4.78 is 10.5. The molecule has 2 aromatic rings. The molecule has 0 spiro atoms. The molecule has 1 aliphatic heterocycles. The van der Waals surface area contributed by atoms with Gasteiger partial charge in [0, 0.05) is 48.9 Å². The Hall–Kier alpha value is -6.12. The number of imide groups is 1. The van der Waals surface area contributed by atoms with Crippen LogP contribution in [-0.2, 0) is 19.2 Å². The summed E-state index contributed by atoms with van der Waals surface area (Å²) in [5.41, 5.74) is 0.0448. The number of phenolic OH excluding ortho intramolecular Hbond substituents is 1. The molecule has 1 heterocycles. The number of Topliss-reactive ketones (excluding diaryl/α,β-unsaturated/α-hetero) is 1. The number of fused-ring (bicyclic) bond motifs is 3. The van der Waals surface area contributed by atoms with E-state index in [9.17, 15) is 44.5 Å². The lowest BCUT2D eigenvalue weighted by Gasteiger charge is -2.41. The monoisotopic (exact) mass is 684 g/mol. The first-order valence-corrected chi connectivity index (χ1v) is 15.6. The number of methoxy groups -OCH3 is 2. The molecular formula is C35H32N4O11. The average molecular weight is 685 g/mol. The maximum atomic E-state index is 14.3. The number of benzene rings is 2. The molecule has 15 heteroatoms. The van der Waals surface area contributed by atoms with E-state index in [4.69, 9.17) is 9.47 Å². The van der Waals surface area contributed by atoms with Gasteiger partial charge in [0.05, 0.1) is 41.6 Å². The number of ketones is 2. The molecule has 258 valence electrons. The topological polar surface area (TPSA) is 200 Å². The third kappa shape index (κ3) is 5.21. The van der Waals surface area contributed by atoms with Gasteiger partial charge < -0.3 is 19.5 Å². The second kappa shape index (κ2) is 12.4. The zero-order valence-corrected chi connectivity index (χ0v) is 27.7. The number of hydrogen-bond donors (Lipinski definition) is 1. The number of carbonyl (C=O) groups is 4. The fourth-order valence-electron chi connectivity index (χ4n) is 7.57. The summed E-state index contributed by atoms with van der Waals surface area (Å²) in [5.74, 6) is -5.41. The molecule has 0 aromatic heterocycles. The number of nitro groups is 2. The van der Waals surface area contributed by atoms with Crippen molar-refractivity contribution in [1.29, 1.82) is 0 Å². The summed E-state index contributed by atoms with van der Waals surface area (Å²) in [6.07, 6.45) is 6.53. The smallest absolute Gasteiger partial charge is 0.301 e. The molecule has 1 saturated heterocycles. The van der Waals surface area contributed by atoms with Crippen molar-refractivity contribution in [1.82, 2.24) is 0 Å². The lowest BCUT2D eigenvalue weighted by atomic mass is 9.60. The molecular weight excluding hydrogens is 652 g/mol. The molecule has 3 aliphatic carbocycles. The van der Waals surface area contributed by atoms with Crippen LogP contribution in [0.4, 0.5) is 22.7 Å². The van der Waals surface area contributed by atoms with Crippen LogP contribution in [0.1, 0.15) is 25.3 Å². The van der Waals surface area contributed by atoms with Gasteiger partial charge in [-0.05, 0) is 49.5 Å². The quantitative estimate of drug-likeness (QED) is 0.135. The summed E-state index contributed by atoms with van der Waals surface area (Å²) in [5, 5.41) is 34.4. The van der Waals surface area contributed by atoms with E-state index >= 15 is 0 Å². The van der Waals surface area contributed by atoms with Crippen molar-refractivity contribution in [3.63, 3.8) is 0 Å². The fourth-order valence-corrected chi connectivity index (χ4v) is 7.57. The van der Waals surface area contributed by atoms with Gasteiger partial charge in [-0.15, -0.1) is 0 Å². The van der Waals surface area contributed by atoms with Gasteiger partial charge in [0.25, 0.3) is 0 Å². The molecule has 50 heavy (non-hydrogen) atoms. The van der Waals surface area contributed by atoms with E-state index in [1.165, 1.54) is 39.3 Å². The Labute approximate surface area is 285 Å². The molecule has 0 bridgehead atoms. The van der Waals surface area contributed by atoms with Gasteiger partial charge in [0.1, 0.15) is 0 Å². The number of nitro benzene ring substituents is 2. The number of carbonyl (C=O) groups excluding carboxylic acids is 4. The molecule has 15 nitrogen and oxygen atoms in total. The summed E-state index contributed by atoms with van der Waals surface area (Å²) >= 11 is 0. The second-order valence-corrected chi connectivity index (χ2v) is 12.7. The van der Waals surface area contributed by atoms with Crippen LogP contribution in [0.3, 0.4) is 0 Å². The molecule has 4 atom stereocenters. The Morgan fingerprint density at radius 3 is 2.08 bits per heavy atom. The van der Waals surface area contributed by atoms with Crippen molar-refractivity contribution >= 4 is 52.2 Å². The number of allylic oxidation sites excluding steroid dienone is 7. The average Bonchev–Trinajstić information content (AvgIpc) is 3.34. The number of phenols is 1. The highest BCUT2D eigenvalue weighted by molar-refractivity contribution is 6.25. The number of nitrogens with zero attached hydrogens (tertiary/aromatic N) is 4. The second-order valence-electron chi connectivity index (χ2n) is 12.7. The summed E-state index contributed by atoms with van der Waals surface area (Å²) in [7, 11) is 5.57. The molecule has 0 saturated carbocycles. The molecule has 0 unspecified atom stereocenters.